The van der Waals surface area contributed by atoms with Crippen LogP contribution in [0.25, 0.3) is 21.8 Å². The average molecular weight is 499 g/mol. The van der Waals surface area contributed by atoms with E-state index in [4.69, 9.17) is 9.47 Å². The van der Waals surface area contributed by atoms with Crippen molar-refractivity contribution >= 4 is 21.8 Å². The predicted octanol–water partition coefficient (Wildman–Crippen LogP) is 4.62. The van der Waals surface area contributed by atoms with Crippen molar-refractivity contribution in [2.45, 2.75) is 25.8 Å². The van der Waals surface area contributed by atoms with Crippen LogP contribution in [0.4, 0.5) is 0 Å². The third-order valence-corrected chi connectivity index (χ3v) is 6.77. The number of aromatic nitrogens is 3. The van der Waals surface area contributed by atoms with Crippen LogP contribution in [0.3, 0.4) is 0 Å². The van der Waals surface area contributed by atoms with Gasteiger partial charge >= 0.3 is 0 Å². The zero-order valence-corrected chi connectivity index (χ0v) is 21.5. The SMILES string of the molecule is COCCN(Cc1ccc(OCc2nccn2C)cc1)C[C@H](O)Cn1c2ccccc2c2ccccc21. The van der Waals surface area contributed by atoms with Gasteiger partial charge in [-0.05, 0) is 29.8 Å². The summed E-state index contributed by atoms with van der Waals surface area (Å²) in [6.07, 6.45) is 3.15. The second-order valence-electron chi connectivity index (χ2n) is 9.41. The van der Waals surface area contributed by atoms with E-state index in [1.165, 1.54) is 10.8 Å². The molecule has 0 fully saturated rings. The van der Waals surface area contributed by atoms with Crippen LogP contribution in [0, 0.1) is 0 Å². The minimum Gasteiger partial charge on any atom is -0.486 e. The Kier molecular flexibility index (Phi) is 7.84. The molecule has 0 aliphatic rings. The Morgan fingerprint density at radius 3 is 2.24 bits per heavy atom. The lowest BCUT2D eigenvalue weighted by atomic mass is 10.2. The summed E-state index contributed by atoms with van der Waals surface area (Å²) < 4.78 is 15.4. The van der Waals surface area contributed by atoms with Crippen LogP contribution in [0.2, 0.25) is 0 Å². The van der Waals surface area contributed by atoms with Gasteiger partial charge in [-0.2, -0.15) is 0 Å². The van der Waals surface area contributed by atoms with Crippen molar-refractivity contribution < 1.29 is 14.6 Å². The fraction of sp³-hybridized carbons (Fsp3) is 0.300. The first-order valence-electron chi connectivity index (χ1n) is 12.7. The van der Waals surface area contributed by atoms with Gasteiger partial charge < -0.3 is 23.7 Å². The number of aliphatic hydroxyl groups excluding tert-OH is 1. The number of methoxy groups -OCH3 is 1. The Hall–Kier alpha value is -3.65. The third-order valence-electron chi connectivity index (χ3n) is 6.77. The monoisotopic (exact) mass is 498 g/mol. The molecule has 7 nitrogen and oxygen atoms in total. The van der Waals surface area contributed by atoms with E-state index in [1.807, 2.05) is 29.9 Å². The van der Waals surface area contributed by atoms with Crippen molar-refractivity contribution in [2.24, 2.45) is 7.05 Å². The molecule has 2 aromatic heterocycles. The maximum Gasteiger partial charge on any atom is 0.146 e. The van der Waals surface area contributed by atoms with Crippen molar-refractivity contribution in [1.29, 1.82) is 0 Å². The van der Waals surface area contributed by atoms with Gasteiger partial charge in [-0.1, -0.05) is 48.5 Å². The molecule has 0 bridgehead atoms. The van der Waals surface area contributed by atoms with Crippen molar-refractivity contribution in [1.82, 2.24) is 19.0 Å². The number of benzene rings is 3. The molecule has 0 aliphatic carbocycles. The Labute approximate surface area is 217 Å². The van der Waals surface area contributed by atoms with Crippen LogP contribution in [0.5, 0.6) is 5.75 Å². The summed E-state index contributed by atoms with van der Waals surface area (Å²) in [5.41, 5.74) is 3.45. The summed E-state index contributed by atoms with van der Waals surface area (Å²) in [6, 6.07) is 24.9. The summed E-state index contributed by atoms with van der Waals surface area (Å²) in [6.45, 7) is 3.55. The molecule has 3 aromatic carbocycles. The minimum atomic E-state index is -0.531. The molecule has 0 unspecified atom stereocenters. The average Bonchev–Trinajstić information content (AvgIpc) is 3.47. The molecule has 5 rings (SSSR count). The number of aliphatic hydroxyl groups is 1. The second kappa shape index (κ2) is 11.6. The Morgan fingerprint density at radius 2 is 1.62 bits per heavy atom. The minimum absolute atomic E-state index is 0.428. The number of fused-ring (bicyclic) bond motifs is 3. The zero-order valence-electron chi connectivity index (χ0n) is 21.5. The highest BCUT2D eigenvalue weighted by Crippen LogP contribution is 2.29. The number of para-hydroxylation sites is 2. The van der Waals surface area contributed by atoms with Crippen molar-refractivity contribution in [3.05, 3.63) is 96.6 Å². The van der Waals surface area contributed by atoms with Gasteiger partial charge in [0, 0.05) is 68.0 Å². The van der Waals surface area contributed by atoms with E-state index in [0.717, 1.165) is 34.7 Å². The van der Waals surface area contributed by atoms with E-state index in [2.05, 4.69) is 75.1 Å². The fourth-order valence-corrected chi connectivity index (χ4v) is 4.85. The normalized spacial score (nSPS) is 12.5. The van der Waals surface area contributed by atoms with Crippen LogP contribution in [-0.4, -0.2) is 57.0 Å². The lowest BCUT2D eigenvalue weighted by Gasteiger charge is -2.25. The lowest BCUT2D eigenvalue weighted by Crippen LogP contribution is -2.36. The topological polar surface area (TPSA) is 64.7 Å². The Bertz CT molecular complexity index is 1390. The molecular formula is C30H34N4O3. The first-order chi connectivity index (χ1) is 18.1. The molecule has 0 saturated heterocycles. The number of hydrogen-bond acceptors (Lipinski definition) is 5. The van der Waals surface area contributed by atoms with E-state index >= 15 is 0 Å². The van der Waals surface area contributed by atoms with Gasteiger partial charge in [0.05, 0.1) is 19.3 Å². The second-order valence-corrected chi connectivity index (χ2v) is 9.41. The van der Waals surface area contributed by atoms with Crippen molar-refractivity contribution in [2.75, 3.05) is 26.8 Å². The smallest absolute Gasteiger partial charge is 0.146 e. The van der Waals surface area contributed by atoms with Crippen molar-refractivity contribution in [3.63, 3.8) is 0 Å². The summed E-state index contributed by atoms with van der Waals surface area (Å²) >= 11 is 0. The first-order valence-corrected chi connectivity index (χ1v) is 12.7. The van der Waals surface area contributed by atoms with E-state index in [-0.39, 0.29) is 0 Å². The summed E-state index contributed by atoms with van der Waals surface area (Å²) in [5, 5.41) is 13.6. The van der Waals surface area contributed by atoms with Gasteiger partial charge in [-0.25, -0.2) is 4.98 Å². The van der Waals surface area contributed by atoms with Crippen LogP contribution in [0.15, 0.2) is 85.2 Å². The van der Waals surface area contributed by atoms with Gasteiger partial charge in [-0.15, -0.1) is 0 Å². The Balaban J connectivity index is 1.25. The van der Waals surface area contributed by atoms with Gasteiger partial charge in [0.15, 0.2) is 0 Å². The molecule has 37 heavy (non-hydrogen) atoms. The molecule has 0 radical (unpaired) electrons. The third kappa shape index (κ3) is 5.85. The number of hydrogen-bond donors (Lipinski definition) is 1. The number of imidazole rings is 1. The first kappa shape index (κ1) is 25.0. The van der Waals surface area contributed by atoms with Crippen LogP contribution in [-0.2, 0) is 31.5 Å². The van der Waals surface area contributed by atoms with Gasteiger partial charge in [0.25, 0.3) is 0 Å². The highest BCUT2D eigenvalue weighted by molar-refractivity contribution is 6.07. The van der Waals surface area contributed by atoms with Gasteiger partial charge in [0.2, 0.25) is 0 Å². The maximum atomic E-state index is 11.2. The highest BCUT2D eigenvalue weighted by Gasteiger charge is 2.17. The van der Waals surface area contributed by atoms with E-state index in [0.29, 0.717) is 32.8 Å². The predicted molar refractivity (Wildman–Crippen MR) is 147 cm³/mol. The van der Waals surface area contributed by atoms with Gasteiger partial charge in [0.1, 0.15) is 18.2 Å². The number of nitrogens with zero attached hydrogens (tertiary/aromatic N) is 4. The maximum absolute atomic E-state index is 11.2. The molecular weight excluding hydrogens is 464 g/mol. The molecule has 2 heterocycles. The molecule has 1 N–H and O–H groups in total. The standard InChI is InChI=1S/C30H34N4O3/c1-32-16-15-31-30(32)22-37-25-13-11-23(12-14-25)19-33(17-18-36-2)20-24(35)21-34-28-9-5-3-7-26(28)27-8-4-6-10-29(27)34/h3-16,24,35H,17-22H2,1-2H3/t24-/m0/s1. The lowest BCUT2D eigenvalue weighted by molar-refractivity contribution is 0.0768. The number of rotatable bonds is 12. The van der Waals surface area contributed by atoms with Crippen LogP contribution < -0.4 is 4.74 Å². The molecule has 5 aromatic rings. The zero-order chi connectivity index (χ0) is 25.6. The fourth-order valence-electron chi connectivity index (χ4n) is 4.85. The molecule has 7 heteroatoms. The quantitative estimate of drug-likeness (QED) is 0.272. The number of ether oxygens (including phenoxy) is 2. The van der Waals surface area contributed by atoms with Crippen molar-refractivity contribution in [3.8, 4) is 5.75 Å². The summed E-state index contributed by atoms with van der Waals surface area (Å²) in [7, 11) is 3.67. The molecule has 0 spiro atoms. The van der Waals surface area contributed by atoms with Crippen LogP contribution in [0.1, 0.15) is 11.4 Å². The molecule has 0 aliphatic heterocycles. The van der Waals surface area contributed by atoms with E-state index in [9.17, 15) is 5.11 Å². The number of aryl methyl sites for hydroxylation is 1. The summed E-state index contributed by atoms with van der Waals surface area (Å²) in [5.74, 6) is 1.69. The Morgan fingerprint density at radius 1 is 0.946 bits per heavy atom. The van der Waals surface area contributed by atoms with Crippen LogP contribution >= 0.6 is 0 Å². The summed E-state index contributed by atoms with van der Waals surface area (Å²) in [4.78, 5) is 6.54. The van der Waals surface area contributed by atoms with E-state index < -0.39 is 6.10 Å². The highest BCUT2D eigenvalue weighted by atomic mass is 16.5. The van der Waals surface area contributed by atoms with Gasteiger partial charge in [-0.3, -0.25) is 4.90 Å². The largest absolute Gasteiger partial charge is 0.486 e. The molecule has 0 saturated carbocycles. The van der Waals surface area contributed by atoms with E-state index in [1.54, 1.807) is 13.3 Å². The molecule has 192 valence electrons. The molecule has 0 amide bonds. The molecule has 1 atom stereocenters.